The van der Waals surface area contributed by atoms with Crippen LogP contribution in [0.2, 0.25) is 0 Å². The minimum atomic E-state index is 0.802. The van der Waals surface area contributed by atoms with Crippen molar-refractivity contribution in [3.8, 4) is 39.8 Å². The summed E-state index contributed by atoms with van der Waals surface area (Å²) in [4.78, 5) is 12.3. The number of methoxy groups -OCH3 is 2. The van der Waals surface area contributed by atoms with Gasteiger partial charge in [0.05, 0.1) is 38.8 Å². The van der Waals surface area contributed by atoms with E-state index >= 15 is 0 Å². The van der Waals surface area contributed by atoms with Crippen LogP contribution in [0.4, 0.5) is 0 Å². The maximum atomic E-state index is 5.50. The molecule has 0 atom stereocenters. The van der Waals surface area contributed by atoms with Crippen molar-refractivity contribution in [1.82, 2.24) is 19.4 Å². The molecule has 0 spiro atoms. The Kier molecular flexibility index (Phi) is 7.85. The van der Waals surface area contributed by atoms with Gasteiger partial charge in [-0.2, -0.15) is 0 Å². The topological polar surface area (TPSA) is 61.6 Å². The van der Waals surface area contributed by atoms with Gasteiger partial charge in [-0.15, -0.1) is 0 Å². The van der Waals surface area contributed by atoms with Gasteiger partial charge < -0.3 is 14.2 Å². The summed E-state index contributed by atoms with van der Waals surface area (Å²) < 4.78 is 18.5. The number of nitrogens with zero attached hydrogens (tertiary/aromatic N) is 4. The first-order valence-corrected chi connectivity index (χ1v) is 13.0. The van der Waals surface area contributed by atoms with Crippen LogP contribution in [0, 0.1) is 0 Å². The number of imidazole rings is 1. The molecule has 4 aromatic rings. The summed E-state index contributed by atoms with van der Waals surface area (Å²) in [7, 11) is 3.36. The van der Waals surface area contributed by atoms with Gasteiger partial charge in [-0.3, -0.25) is 9.47 Å². The Morgan fingerprint density at radius 1 is 0.861 bits per heavy atom. The molecule has 0 unspecified atom stereocenters. The molecule has 0 saturated carbocycles. The monoisotopic (exact) mass is 502 g/mol. The Labute approximate surface area is 216 Å². The van der Waals surface area contributed by atoms with Crippen LogP contribution in [0.15, 0.2) is 78.1 Å². The Morgan fingerprint density at radius 2 is 1.53 bits per heavy atom. The fourth-order valence-corrected chi connectivity index (χ4v) is 5.25. The third-order valence-corrected chi connectivity index (χ3v) is 7.11. The van der Waals surface area contributed by atoms with Crippen molar-refractivity contribution in [2.24, 2.45) is 0 Å². The van der Waals surface area contributed by atoms with Gasteiger partial charge in [0.2, 0.25) is 0 Å². The predicted molar refractivity (Wildman–Crippen MR) is 143 cm³/mol. The molecular formula is C28H30N4O3S. The Balaban J connectivity index is 1.60. The van der Waals surface area contributed by atoms with Crippen molar-refractivity contribution in [3.05, 3.63) is 72.9 Å². The standard InChI is InChI=1S/C28H30N4O3S/c1-33-23-10-6-21(7-11-23)26-27(22-8-12-24(34-2)13-9-22)32(25-5-3-4-14-29-25)28(30-26)36-20-17-31-15-18-35-19-16-31/h3-14H,15-20H2,1-2H3. The quantitative estimate of drug-likeness (QED) is 0.297. The number of benzene rings is 2. The lowest BCUT2D eigenvalue weighted by Gasteiger charge is -2.26. The first-order chi connectivity index (χ1) is 17.8. The number of rotatable bonds is 9. The SMILES string of the molecule is COc1ccc(-c2nc(SCCN3CCOCC3)n(-c3ccccn3)c2-c2ccc(OC)cc2)cc1. The lowest BCUT2D eigenvalue weighted by atomic mass is 10.0. The highest BCUT2D eigenvalue weighted by Gasteiger charge is 2.23. The van der Waals surface area contributed by atoms with Crippen LogP contribution >= 0.6 is 11.8 Å². The van der Waals surface area contributed by atoms with Gasteiger partial charge in [0.1, 0.15) is 17.3 Å². The minimum Gasteiger partial charge on any atom is -0.497 e. The van der Waals surface area contributed by atoms with E-state index in [1.54, 1.807) is 26.0 Å². The van der Waals surface area contributed by atoms with Crippen molar-refractivity contribution in [2.75, 3.05) is 52.8 Å². The van der Waals surface area contributed by atoms with Crippen LogP contribution in [-0.2, 0) is 4.74 Å². The predicted octanol–water partition coefficient (Wildman–Crippen LogP) is 5.04. The molecule has 1 aliphatic rings. The van der Waals surface area contributed by atoms with Crippen molar-refractivity contribution in [1.29, 1.82) is 0 Å². The second-order valence-corrected chi connectivity index (χ2v) is 9.44. The molecule has 186 valence electrons. The number of hydrogen-bond donors (Lipinski definition) is 0. The minimum absolute atomic E-state index is 0.802. The van der Waals surface area contributed by atoms with Gasteiger partial charge in [0.25, 0.3) is 0 Å². The molecule has 0 amide bonds. The summed E-state index contributed by atoms with van der Waals surface area (Å²) in [5.41, 5.74) is 3.96. The van der Waals surface area contributed by atoms with Crippen LogP contribution in [0.5, 0.6) is 11.5 Å². The molecule has 0 aliphatic carbocycles. The zero-order valence-electron chi connectivity index (χ0n) is 20.6. The van der Waals surface area contributed by atoms with E-state index in [9.17, 15) is 0 Å². The normalized spacial score (nSPS) is 14.1. The van der Waals surface area contributed by atoms with E-state index in [1.807, 2.05) is 48.7 Å². The zero-order chi connectivity index (χ0) is 24.7. The molecule has 8 heteroatoms. The number of aromatic nitrogens is 3. The van der Waals surface area contributed by atoms with E-state index in [-0.39, 0.29) is 0 Å². The molecule has 1 fully saturated rings. The van der Waals surface area contributed by atoms with Gasteiger partial charge in [-0.05, 0) is 60.7 Å². The van der Waals surface area contributed by atoms with E-state index in [0.29, 0.717) is 0 Å². The Hall–Kier alpha value is -3.33. The Morgan fingerprint density at radius 3 is 2.14 bits per heavy atom. The lowest BCUT2D eigenvalue weighted by Crippen LogP contribution is -2.37. The van der Waals surface area contributed by atoms with E-state index in [4.69, 9.17) is 24.2 Å². The maximum Gasteiger partial charge on any atom is 0.174 e. The first kappa shape index (κ1) is 24.4. The summed E-state index contributed by atoms with van der Waals surface area (Å²) >= 11 is 1.76. The van der Waals surface area contributed by atoms with Crippen molar-refractivity contribution in [2.45, 2.75) is 5.16 Å². The van der Waals surface area contributed by atoms with Gasteiger partial charge in [-0.1, -0.05) is 17.8 Å². The molecule has 5 rings (SSSR count). The van der Waals surface area contributed by atoms with Crippen molar-refractivity contribution < 1.29 is 14.2 Å². The molecule has 0 bridgehead atoms. The van der Waals surface area contributed by atoms with Gasteiger partial charge in [0, 0.05) is 42.7 Å². The van der Waals surface area contributed by atoms with Crippen molar-refractivity contribution in [3.63, 3.8) is 0 Å². The average Bonchev–Trinajstić information content (AvgIpc) is 3.33. The van der Waals surface area contributed by atoms with Crippen LogP contribution in [-0.4, -0.2) is 72.3 Å². The molecule has 36 heavy (non-hydrogen) atoms. The average molecular weight is 503 g/mol. The summed E-state index contributed by atoms with van der Waals surface area (Å²) in [5, 5.41) is 0.915. The molecule has 0 radical (unpaired) electrons. The third kappa shape index (κ3) is 5.41. The summed E-state index contributed by atoms with van der Waals surface area (Å²) in [6.07, 6.45) is 1.82. The van der Waals surface area contributed by atoms with Gasteiger partial charge >= 0.3 is 0 Å². The molecule has 3 heterocycles. The second kappa shape index (κ2) is 11.6. The fraction of sp³-hybridized carbons (Fsp3) is 0.286. The van der Waals surface area contributed by atoms with Crippen LogP contribution in [0.25, 0.3) is 28.3 Å². The van der Waals surface area contributed by atoms with Crippen LogP contribution in [0.3, 0.4) is 0 Å². The number of pyridine rings is 1. The van der Waals surface area contributed by atoms with Gasteiger partial charge in [0.15, 0.2) is 5.16 Å². The summed E-state index contributed by atoms with van der Waals surface area (Å²) in [6, 6.07) is 22.1. The molecule has 1 saturated heterocycles. The lowest BCUT2D eigenvalue weighted by molar-refractivity contribution is 0.0410. The van der Waals surface area contributed by atoms with E-state index < -0.39 is 0 Å². The Bertz CT molecular complexity index is 1250. The number of ether oxygens (including phenoxy) is 3. The molecular weight excluding hydrogens is 472 g/mol. The molecule has 2 aromatic carbocycles. The van der Waals surface area contributed by atoms with E-state index in [2.05, 4.69) is 33.7 Å². The smallest absolute Gasteiger partial charge is 0.174 e. The first-order valence-electron chi connectivity index (χ1n) is 12.0. The highest BCUT2D eigenvalue weighted by atomic mass is 32.2. The number of hydrogen-bond acceptors (Lipinski definition) is 7. The summed E-state index contributed by atoms with van der Waals surface area (Å²) in [5.74, 6) is 3.39. The van der Waals surface area contributed by atoms with Crippen LogP contribution < -0.4 is 9.47 Å². The highest BCUT2D eigenvalue weighted by molar-refractivity contribution is 7.99. The zero-order valence-corrected chi connectivity index (χ0v) is 21.4. The van der Waals surface area contributed by atoms with Gasteiger partial charge in [-0.25, -0.2) is 9.97 Å². The van der Waals surface area contributed by atoms with Crippen LogP contribution in [0.1, 0.15) is 0 Å². The summed E-state index contributed by atoms with van der Waals surface area (Å²) in [6.45, 7) is 4.54. The third-order valence-electron chi connectivity index (χ3n) is 6.19. The molecule has 0 N–H and O–H groups in total. The fourth-order valence-electron chi connectivity index (χ4n) is 4.25. The van der Waals surface area contributed by atoms with E-state index in [1.165, 1.54) is 0 Å². The highest BCUT2D eigenvalue weighted by Crippen LogP contribution is 2.38. The second-order valence-electron chi connectivity index (χ2n) is 8.37. The molecule has 1 aliphatic heterocycles. The largest absolute Gasteiger partial charge is 0.497 e. The number of thioether (sulfide) groups is 1. The number of morpholine rings is 1. The maximum absolute atomic E-state index is 5.50. The molecule has 7 nitrogen and oxygen atoms in total. The van der Waals surface area contributed by atoms with E-state index in [0.717, 1.165) is 83.6 Å². The molecule has 2 aromatic heterocycles. The van der Waals surface area contributed by atoms with Crippen molar-refractivity contribution >= 4 is 11.8 Å².